The summed E-state index contributed by atoms with van der Waals surface area (Å²) in [6.45, 7) is 1.45. The first-order valence-electron chi connectivity index (χ1n) is 7.32. The summed E-state index contributed by atoms with van der Waals surface area (Å²) in [5.41, 5.74) is 4.47. The number of hydrogen-bond acceptors (Lipinski definition) is 5. The monoisotopic (exact) mass is 381 g/mol. The molecule has 8 nitrogen and oxygen atoms in total. The third-order valence-corrected chi connectivity index (χ3v) is 4.17. The predicted molar refractivity (Wildman–Crippen MR) is 89.9 cm³/mol. The maximum absolute atomic E-state index is 12.8. The van der Waals surface area contributed by atoms with Gasteiger partial charge in [-0.05, 0) is 55.5 Å². The quantitative estimate of drug-likeness (QED) is 0.657. The van der Waals surface area contributed by atoms with Gasteiger partial charge in [-0.2, -0.15) is 0 Å². The number of rotatable bonds is 5. The van der Waals surface area contributed by atoms with Crippen LogP contribution >= 0.6 is 0 Å². The zero-order chi connectivity index (χ0) is 19.3. The summed E-state index contributed by atoms with van der Waals surface area (Å²) in [5, 5.41) is 4.97. The Kier molecular flexibility index (Phi) is 5.90. The van der Waals surface area contributed by atoms with Crippen molar-refractivity contribution >= 4 is 21.8 Å². The second-order valence-corrected chi connectivity index (χ2v) is 6.79. The van der Waals surface area contributed by atoms with Crippen LogP contribution in [0.5, 0.6) is 5.75 Å². The highest BCUT2D eigenvalue weighted by Gasteiger charge is 2.16. The van der Waals surface area contributed by atoms with Crippen molar-refractivity contribution in [2.24, 2.45) is 5.14 Å². The fraction of sp³-hybridized carbons (Fsp3) is 0.125. The first-order chi connectivity index (χ1) is 12.2. The minimum Gasteiger partial charge on any atom is -0.481 e. The molecule has 2 aromatic carbocycles. The summed E-state index contributed by atoms with van der Waals surface area (Å²) in [6, 6.07) is 9.95. The minimum atomic E-state index is -3.86. The summed E-state index contributed by atoms with van der Waals surface area (Å²) < 4.78 is 40.4. The van der Waals surface area contributed by atoms with Gasteiger partial charge < -0.3 is 4.74 Å². The van der Waals surface area contributed by atoms with Crippen LogP contribution in [0.15, 0.2) is 53.4 Å². The molecule has 2 rings (SSSR count). The highest BCUT2D eigenvalue weighted by molar-refractivity contribution is 7.89. The molecule has 0 aromatic heterocycles. The molecular weight excluding hydrogens is 365 g/mol. The Labute approximate surface area is 149 Å². The molecule has 0 saturated carbocycles. The largest absolute Gasteiger partial charge is 0.481 e. The van der Waals surface area contributed by atoms with Crippen LogP contribution in [0, 0.1) is 5.82 Å². The van der Waals surface area contributed by atoms with Gasteiger partial charge in [0, 0.05) is 5.56 Å². The number of nitrogens with two attached hydrogens (primary N) is 1. The van der Waals surface area contributed by atoms with Crippen LogP contribution in [-0.4, -0.2) is 26.3 Å². The number of carbonyl (C=O) groups is 2. The molecule has 138 valence electrons. The summed E-state index contributed by atoms with van der Waals surface area (Å²) in [5.74, 6) is -1.44. The molecule has 0 radical (unpaired) electrons. The number of halogens is 1. The maximum atomic E-state index is 12.8. The summed E-state index contributed by atoms with van der Waals surface area (Å²) in [4.78, 5) is 23.7. The van der Waals surface area contributed by atoms with Gasteiger partial charge in [0.2, 0.25) is 10.0 Å². The fourth-order valence-corrected chi connectivity index (χ4v) is 2.37. The van der Waals surface area contributed by atoms with Gasteiger partial charge in [0.15, 0.2) is 6.10 Å². The topological polar surface area (TPSA) is 128 Å². The van der Waals surface area contributed by atoms with Gasteiger partial charge in [0.1, 0.15) is 11.6 Å². The van der Waals surface area contributed by atoms with Gasteiger partial charge in [-0.25, -0.2) is 17.9 Å². The third-order valence-electron chi connectivity index (χ3n) is 3.24. The summed E-state index contributed by atoms with van der Waals surface area (Å²) >= 11 is 0. The first kappa shape index (κ1) is 19.3. The zero-order valence-electron chi connectivity index (χ0n) is 13.6. The first-order valence-corrected chi connectivity index (χ1v) is 8.87. The van der Waals surface area contributed by atoms with Gasteiger partial charge in [-0.3, -0.25) is 20.4 Å². The van der Waals surface area contributed by atoms with E-state index in [0.717, 1.165) is 0 Å². The number of ether oxygens (including phenoxy) is 1. The van der Waals surface area contributed by atoms with E-state index in [-0.39, 0.29) is 10.5 Å². The average molecular weight is 381 g/mol. The Morgan fingerprint density at radius 3 is 2.15 bits per heavy atom. The number of primary sulfonamides is 1. The molecule has 4 N–H and O–H groups in total. The molecule has 0 bridgehead atoms. The molecule has 0 aliphatic carbocycles. The average Bonchev–Trinajstić information content (AvgIpc) is 2.60. The lowest BCUT2D eigenvalue weighted by molar-refractivity contribution is -0.128. The molecule has 1 atom stereocenters. The van der Waals surface area contributed by atoms with Gasteiger partial charge >= 0.3 is 0 Å². The highest BCUT2D eigenvalue weighted by atomic mass is 32.2. The lowest BCUT2D eigenvalue weighted by Gasteiger charge is -2.15. The van der Waals surface area contributed by atoms with Crippen LogP contribution in [-0.2, 0) is 14.8 Å². The molecule has 26 heavy (non-hydrogen) atoms. The molecule has 0 aliphatic rings. The Bertz CT molecular complexity index is 898. The van der Waals surface area contributed by atoms with E-state index in [1.807, 2.05) is 0 Å². The van der Waals surface area contributed by atoms with Crippen LogP contribution in [0.4, 0.5) is 4.39 Å². The summed E-state index contributed by atoms with van der Waals surface area (Å²) in [6.07, 6.45) is -0.953. The van der Waals surface area contributed by atoms with Crippen LogP contribution in [0.1, 0.15) is 17.3 Å². The number of nitrogens with one attached hydrogen (secondary N) is 2. The standard InChI is InChI=1S/C16H16FN3O5S/c1-10(25-13-6-4-12(17)5-7-13)15(21)19-20-16(22)11-2-8-14(9-3-11)26(18,23)24/h2-10H,1H3,(H,19,21)(H,20,22)(H2,18,23,24). The molecule has 10 heteroatoms. The Morgan fingerprint density at radius 2 is 1.62 bits per heavy atom. The molecule has 1 unspecified atom stereocenters. The van der Waals surface area contributed by atoms with Gasteiger partial charge in [0.05, 0.1) is 4.90 Å². The van der Waals surface area contributed by atoms with E-state index in [2.05, 4.69) is 10.9 Å². The van der Waals surface area contributed by atoms with Crippen molar-refractivity contribution in [1.82, 2.24) is 10.9 Å². The molecule has 0 aliphatic heterocycles. The van der Waals surface area contributed by atoms with Crippen molar-refractivity contribution in [1.29, 1.82) is 0 Å². The zero-order valence-corrected chi connectivity index (χ0v) is 14.4. The van der Waals surface area contributed by atoms with E-state index in [4.69, 9.17) is 9.88 Å². The lowest BCUT2D eigenvalue weighted by Crippen LogP contribution is -2.47. The van der Waals surface area contributed by atoms with Crippen molar-refractivity contribution in [2.75, 3.05) is 0 Å². The number of sulfonamides is 1. The SMILES string of the molecule is CC(Oc1ccc(F)cc1)C(=O)NNC(=O)c1ccc(S(N)(=O)=O)cc1. The predicted octanol–water partition coefficient (Wildman–Crippen LogP) is 0.702. The summed E-state index contributed by atoms with van der Waals surface area (Å²) in [7, 11) is -3.86. The second-order valence-electron chi connectivity index (χ2n) is 5.23. The van der Waals surface area contributed by atoms with E-state index < -0.39 is 33.8 Å². The van der Waals surface area contributed by atoms with Crippen molar-refractivity contribution < 1.29 is 27.1 Å². The number of benzene rings is 2. The van der Waals surface area contributed by atoms with Gasteiger partial charge in [0.25, 0.3) is 11.8 Å². The molecular formula is C16H16FN3O5S. The van der Waals surface area contributed by atoms with Gasteiger partial charge in [-0.15, -0.1) is 0 Å². The van der Waals surface area contributed by atoms with Crippen LogP contribution < -0.4 is 20.7 Å². The maximum Gasteiger partial charge on any atom is 0.279 e. The Hall–Kier alpha value is -2.98. The van der Waals surface area contributed by atoms with E-state index in [1.165, 1.54) is 55.5 Å². The Balaban J connectivity index is 1.89. The van der Waals surface area contributed by atoms with Crippen molar-refractivity contribution in [2.45, 2.75) is 17.9 Å². The Morgan fingerprint density at radius 1 is 1.04 bits per heavy atom. The molecule has 2 aromatic rings. The van der Waals surface area contributed by atoms with E-state index >= 15 is 0 Å². The lowest BCUT2D eigenvalue weighted by atomic mass is 10.2. The molecule has 0 saturated heterocycles. The third kappa shape index (κ3) is 5.26. The smallest absolute Gasteiger partial charge is 0.279 e. The number of carbonyl (C=O) groups excluding carboxylic acids is 2. The van der Waals surface area contributed by atoms with Gasteiger partial charge in [-0.1, -0.05) is 0 Å². The van der Waals surface area contributed by atoms with E-state index in [0.29, 0.717) is 5.75 Å². The number of amides is 2. The normalized spacial score (nSPS) is 12.1. The fourth-order valence-electron chi connectivity index (χ4n) is 1.86. The van der Waals surface area contributed by atoms with Crippen LogP contribution in [0.2, 0.25) is 0 Å². The van der Waals surface area contributed by atoms with E-state index in [9.17, 15) is 22.4 Å². The highest BCUT2D eigenvalue weighted by Crippen LogP contribution is 2.13. The van der Waals surface area contributed by atoms with Crippen molar-refractivity contribution in [3.63, 3.8) is 0 Å². The molecule has 0 spiro atoms. The molecule has 0 heterocycles. The second kappa shape index (κ2) is 7.93. The number of hydrazine groups is 1. The van der Waals surface area contributed by atoms with Crippen molar-refractivity contribution in [3.8, 4) is 5.75 Å². The minimum absolute atomic E-state index is 0.116. The molecule has 0 fully saturated rings. The molecule has 2 amide bonds. The van der Waals surface area contributed by atoms with E-state index in [1.54, 1.807) is 0 Å². The number of hydrogen-bond donors (Lipinski definition) is 3. The van der Waals surface area contributed by atoms with Crippen LogP contribution in [0.3, 0.4) is 0 Å². The van der Waals surface area contributed by atoms with Crippen LogP contribution in [0.25, 0.3) is 0 Å². The van der Waals surface area contributed by atoms with Crippen molar-refractivity contribution in [3.05, 3.63) is 59.9 Å².